The highest BCUT2D eigenvalue weighted by Gasteiger charge is 2.25. The highest BCUT2D eigenvalue weighted by molar-refractivity contribution is 5.93. The Morgan fingerprint density at radius 1 is 1.37 bits per heavy atom. The fourth-order valence-electron chi connectivity index (χ4n) is 2.36. The van der Waals surface area contributed by atoms with Gasteiger partial charge in [-0.2, -0.15) is 0 Å². The molecule has 0 amide bonds. The molecule has 0 spiro atoms. The van der Waals surface area contributed by atoms with E-state index in [0.29, 0.717) is 12.1 Å². The fraction of sp³-hybridized carbons (Fsp3) is 0.500. The molecule has 1 saturated carbocycles. The van der Waals surface area contributed by atoms with Gasteiger partial charge >= 0.3 is 5.97 Å². The van der Waals surface area contributed by atoms with Crippen LogP contribution in [0.15, 0.2) is 18.2 Å². The third-order valence-corrected chi connectivity index (χ3v) is 3.43. The van der Waals surface area contributed by atoms with Crippen LogP contribution in [0.5, 0.6) is 5.75 Å². The molecule has 5 heteroatoms. The number of esters is 1. The Morgan fingerprint density at radius 2 is 2.11 bits per heavy atom. The van der Waals surface area contributed by atoms with Crippen molar-refractivity contribution in [2.24, 2.45) is 0 Å². The second-order valence-corrected chi connectivity index (χ2v) is 4.83. The molecular weight excluding hydrogens is 246 g/mol. The first-order valence-corrected chi connectivity index (χ1v) is 6.42. The first-order chi connectivity index (χ1) is 9.10. The molecule has 0 aromatic heterocycles. The monoisotopic (exact) mass is 265 g/mol. The summed E-state index contributed by atoms with van der Waals surface area (Å²) in [7, 11) is 1.67. The summed E-state index contributed by atoms with van der Waals surface area (Å²) in [6.07, 6.45) is 3.51. The highest BCUT2D eigenvalue weighted by atomic mass is 16.5. The molecule has 3 N–H and O–H groups in total. The lowest BCUT2D eigenvalue weighted by Gasteiger charge is -2.27. The van der Waals surface area contributed by atoms with Gasteiger partial charge in [0.15, 0.2) is 0 Å². The van der Waals surface area contributed by atoms with Crippen LogP contribution in [0.1, 0.15) is 36.0 Å². The standard InChI is InChI=1S/C14H19NO4/c1-18-10-3-2-4-11(8-10)19-14(17)12-6-5-9(15)7-13(12)16/h5-7,10-11,16H,2-4,8,15H2,1H3. The van der Waals surface area contributed by atoms with Crippen molar-refractivity contribution in [2.45, 2.75) is 37.9 Å². The summed E-state index contributed by atoms with van der Waals surface area (Å²) in [5.41, 5.74) is 6.07. The van der Waals surface area contributed by atoms with Gasteiger partial charge < -0.3 is 20.3 Å². The molecule has 0 saturated heterocycles. The summed E-state index contributed by atoms with van der Waals surface area (Å²) in [4.78, 5) is 12.0. The maximum Gasteiger partial charge on any atom is 0.342 e. The maximum atomic E-state index is 12.0. The van der Waals surface area contributed by atoms with Crippen LogP contribution in [0.25, 0.3) is 0 Å². The number of hydrogen-bond donors (Lipinski definition) is 2. The molecule has 19 heavy (non-hydrogen) atoms. The van der Waals surface area contributed by atoms with Crippen LogP contribution in [0, 0.1) is 0 Å². The van der Waals surface area contributed by atoms with Gasteiger partial charge in [0.2, 0.25) is 0 Å². The van der Waals surface area contributed by atoms with E-state index in [4.69, 9.17) is 15.2 Å². The van der Waals surface area contributed by atoms with Crippen molar-refractivity contribution >= 4 is 11.7 Å². The van der Waals surface area contributed by atoms with E-state index < -0.39 is 5.97 Å². The minimum Gasteiger partial charge on any atom is -0.507 e. The molecule has 0 heterocycles. The van der Waals surface area contributed by atoms with E-state index in [-0.39, 0.29) is 23.5 Å². The zero-order valence-corrected chi connectivity index (χ0v) is 11.0. The first kappa shape index (κ1) is 13.7. The van der Waals surface area contributed by atoms with E-state index in [1.54, 1.807) is 13.2 Å². The number of benzene rings is 1. The maximum absolute atomic E-state index is 12.0. The van der Waals surface area contributed by atoms with Crippen LogP contribution in [0.3, 0.4) is 0 Å². The molecule has 1 aromatic carbocycles. The quantitative estimate of drug-likeness (QED) is 0.646. The molecule has 1 aromatic rings. The third-order valence-electron chi connectivity index (χ3n) is 3.43. The molecule has 2 unspecified atom stereocenters. The molecule has 1 aliphatic carbocycles. The van der Waals surface area contributed by atoms with Gasteiger partial charge in [-0.15, -0.1) is 0 Å². The number of carbonyl (C=O) groups is 1. The summed E-state index contributed by atoms with van der Waals surface area (Å²) >= 11 is 0. The van der Waals surface area contributed by atoms with Gasteiger partial charge in [-0.25, -0.2) is 4.79 Å². The molecule has 0 radical (unpaired) electrons. The predicted molar refractivity (Wildman–Crippen MR) is 71.0 cm³/mol. The van der Waals surface area contributed by atoms with Crippen LogP contribution in [0.4, 0.5) is 5.69 Å². The summed E-state index contributed by atoms with van der Waals surface area (Å²) in [6, 6.07) is 4.38. The molecule has 1 fully saturated rings. The molecule has 0 aliphatic heterocycles. The fourth-order valence-corrected chi connectivity index (χ4v) is 2.36. The minimum absolute atomic E-state index is 0.145. The number of ether oxygens (including phenoxy) is 2. The number of methoxy groups -OCH3 is 1. The second kappa shape index (κ2) is 5.93. The summed E-state index contributed by atoms with van der Waals surface area (Å²) < 4.78 is 10.7. The normalized spacial score (nSPS) is 23.0. The largest absolute Gasteiger partial charge is 0.507 e. The number of phenols is 1. The average molecular weight is 265 g/mol. The third kappa shape index (κ3) is 3.38. The van der Waals surface area contributed by atoms with Gasteiger partial charge in [0, 0.05) is 25.3 Å². The molecule has 5 nitrogen and oxygen atoms in total. The van der Waals surface area contributed by atoms with Crippen LogP contribution < -0.4 is 5.73 Å². The zero-order chi connectivity index (χ0) is 13.8. The van der Waals surface area contributed by atoms with Gasteiger partial charge in [0.25, 0.3) is 0 Å². The predicted octanol–water partition coefficient (Wildman–Crippen LogP) is 2.09. The van der Waals surface area contributed by atoms with E-state index in [0.717, 1.165) is 19.3 Å². The summed E-state index contributed by atoms with van der Waals surface area (Å²) in [5.74, 6) is -0.664. The van der Waals surface area contributed by atoms with Gasteiger partial charge in [0.1, 0.15) is 17.4 Å². The average Bonchev–Trinajstić information content (AvgIpc) is 2.38. The van der Waals surface area contributed by atoms with Crippen molar-refractivity contribution in [1.82, 2.24) is 0 Å². The molecule has 104 valence electrons. The Hall–Kier alpha value is -1.75. The van der Waals surface area contributed by atoms with Crippen molar-refractivity contribution < 1.29 is 19.4 Å². The topological polar surface area (TPSA) is 81.8 Å². The van der Waals surface area contributed by atoms with E-state index in [2.05, 4.69) is 0 Å². The number of aromatic hydroxyl groups is 1. The van der Waals surface area contributed by atoms with Gasteiger partial charge in [-0.05, 0) is 31.4 Å². The van der Waals surface area contributed by atoms with E-state index in [9.17, 15) is 9.90 Å². The number of anilines is 1. The Bertz CT molecular complexity index is 461. The number of nitrogen functional groups attached to an aromatic ring is 1. The van der Waals surface area contributed by atoms with Crippen LogP contribution in [-0.2, 0) is 9.47 Å². The molecule has 2 atom stereocenters. The zero-order valence-electron chi connectivity index (χ0n) is 11.0. The lowest BCUT2D eigenvalue weighted by Crippen LogP contribution is -2.29. The Labute approximate surface area is 112 Å². The molecule has 1 aliphatic rings. The number of carbonyl (C=O) groups excluding carboxylic acids is 1. The Balaban J connectivity index is 2.00. The highest BCUT2D eigenvalue weighted by Crippen LogP contribution is 2.26. The second-order valence-electron chi connectivity index (χ2n) is 4.83. The lowest BCUT2D eigenvalue weighted by molar-refractivity contribution is -0.0150. The molecule has 2 rings (SSSR count). The van der Waals surface area contributed by atoms with Gasteiger partial charge in [0.05, 0.1) is 6.10 Å². The molecular formula is C14H19NO4. The summed E-state index contributed by atoms with van der Waals surface area (Å²) in [5, 5.41) is 9.68. The van der Waals surface area contributed by atoms with Crippen LogP contribution >= 0.6 is 0 Å². The molecule has 0 bridgehead atoms. The first-order valence-electron chi connectivity index (χ1n) is 6.42. The Morgan fingerprint density at radius 3 is 2.79 bits per heavy atom. The van der Waals surface area contributed by atoms with E-state index >= 15 is 0 Å². The van der Waals surface area contributed by atoms with E-state index in [1.165, 1.54) is 12.1 Å². The van der Waals surface area contributed by atoms with Crippen molar-refractivity contribution in [3.8, 4) is 5.75 Å². The van der Waals surface area contributed by atoms with E-state index in [1.807, 2.05) is 0 Å². The smallest absolute Gasteiger partial charge is 0.342 e. The van der Waals surface area contributed by atoms with Crippen LogP contribution in [0.2, 0.25) is 0 Å². The van der Waals surface area contributed by atoms with Crippen molar-refractivity contribution in [1.29, 1.82) is 0 Å². The number of hydrogen-bond acceptors (Lipinski definition) is 5. The number of phenolic OH excluding ortho intramolecular Hbond substituents is 1. The lowest BCUT2D eigenvalue weighted by atomic mass is 9.95. The minimum atomic E-state index is -0.515. The van der Waals surface area contributed by atoms with Crippen molar-refractivity contribution in [3.63, 3.8) is 0 Å². The van der Waals surface area contributed by atoms with Gasteiger partial charge in [-0.1, -0.05) is 0 Å². The van der Waals surface area contributed by atoms with Crippen molar-refractivity contribution in [3.05, 3.63) is 23.8 Å². The number of rotatable bonds is 3. The SMILES string of the molecule is COC1CCCC(OC(=O)c2ccc(N)cc2O)C1. The number of nitrogens with two attached hydrogens (primary N) is 1. The van der Waals surface area contributed by atoms with Gasteiger partial charge in [-0.3, -0.25) is 0 Å². The summed E-state index contributed by atoms with van der Waals surface area (Å²) in [6.45, 7) is 0. The van der Waals surface area contributed by atoms with Crippen LogP contribution in [-0.4, -0.2) is 30.4 Å². The Kier molecular flexibility index (Phi) is 4.27. The van der Waals surface area contributed by atoms with Crippen molar-refractivity contribution in [2.75, 3.05) is 12.8 Å².